The van der Waals surface area contributed by atoms with E-state index in [-0.39, 0.29) is 5.92 Å². The molecule has 0 fully saturated rings. The molecule has 2 aromatic carbocycles. The molecule has 0 aliphatic rings. The lowest BCUT2D eigenvalue weighted by Crippen LogP contribution is -2.20. The maximum Gasteiger partial charge on any atom is 0.0871 e. The number of hydrogen-bond donors (Lipinski definition) is 2. The SMILES string of the molecule is Cc1cc(Br)cc(C(O)C(CN)c2ccccc2)c1. The quantitative estimate of drug-likeness (QED) is 0.905. The van der Waals surface area contributed by atoms with Crippen molar-refractivity contribution in [1.82, 2.24) is 0 Å². The van der Waals surface area contributed by atoms with Crippen molar-refractivity contribution < 1.29 is 5.11 Å². The minimum absolute atomic E-state index is 0.0881. The van der Waals surface area contributed by atoms with Crippen LogP contribution in [0.25, 0.3) is 0 Å². The minimum Gasteiger partial charge on any atom is -0.388 e. The van der Waals surface area contributed by atoms with Crippen LogP contribution in [0, 0.1) is 6.92 Å². The van der Waals surface area contributed by atoms with Crippen LogP contribution in [0.4, 0.5) is 0 Å². The molecule has 0 amide bonds. The highest BCUT2D eigenvalue weighted by Crippen LogP contribution is 2.31. The number of aliphatic hydroxyl groups is 1. The molecule has 0 spiro atoms. The molecule has 2 atom stereocenters. The summed E-state index contributed by atoms with van der Waals surface area (Å²) in [5.41, 5.74) is 8.92. The number of nitrogens with two attached hydrogens (primary N) is 1. The Bertz CT molecular complexity index is 521. The predicted molar refractivity (Wildman–Crippen MR) is 82.1 cm³/mol. The summed E-state index contributed by atoms with van der Waals surface area (Å²) in [6.07, 6.45) is -0.594. The molecule has 19 heavy (non-hydrogen) atoms. The van der Waals surface area contributed by atoms with E-state index in [1.165, 1.54) is 0 Å². The number of halogens is 1. The van der Waals surface area contributed by atoms with Gasteiger partial charge in [0.2, 0.25) is 0 Å². The Morgan fingerprint density at radius 1 is 1.11 bits per heavy atom. The average molecular weight is 320 g/mol. The molecule has 3 heteroatoms. The van der Waals surface area contributed by atoms with Gasteiger partial charge in [-0.2, -0.15) is 0 Å². The maximum atomic E-state index is 10.6. The van der Waals surface area contributed by atoms with Crippen molar-refractivity contribution in [2.75, 3.05) is 6.54 Å². The Balaban J connectivity index is 2.33. The molecule has 0 aliphatic carbocycles. The first-order valence-electron chi connectivity index (χ1n) is 6.32. The van der Waals surface area contributed by atoms with Gasteiger partial charge in [0.15, 0.2) is 0 Å². The summed E-state index contributed by atoms with van der Waals surface area (Å²) in [5.74, 6) is -0.0881. The molecule has 0 bridgehead atoms. The van der Waals surface area contributed by atoms with Gasteiger partial charge in [-0.25, -0.2) is 0 Å². The van der Waals surface area contributed by atoms with E-state index in [1.54, 1.807) is 0 Å². The van der Waals surface area contributed by atoms with Crippen LogP contribution in [-0.2, 0) is 0 Å². The van der Waals surface area contributed by atoms with Gasteiger partial charge in [0.05, 0.1) is 6.10 Å². The van der Waals surface area contributed by atoms with Crippen LogP contribution >= 0.6 is 15.9 Å². The normalized spacial score (nSPS) is 14.1. The summed E-state index contributed by atoms with van der Waals surface area (Å²) in [6, 6.07) is 15.9. The third-order valence-electron chi connectivity index (χ3n) is 3.27. The highest BCUT2D eigenvalue weighted by atomic mass is 79.9. The first kappa shape index (κ1) is 14.3. The lowest BCUT2D eigenvalue weighted by Gasteiger charge is -2.23. The number of rotatable bonds is 4. The van der Waals surface area contributed by atoms with Gasteiger partial charge in [-0.1, -0.05) is 52.3 Å². The fraction of sp³-hybridized carbons (Fsp3) is 0.250. The highest BCUT2D eigenvalue weighted by Gasteiger charge is 2.21. The molecule has 0 radical (unpaired) electrons. The van der Waals surface area contributed by atoms with E-state index >= 15 is 0 Å². The van der Waals surface area contributed by atoms with E-state index in [9.17, 15) is 5.11 Å². The lowest BCUT2D eigenvalue weighted by atomic mass is 9.89. The van der Waals surface area contributed by atoms with Crippen LogP contribution in [0.2, 0.25) is 0 Å². The van der Waals surface area contributed by atoms with Crippen molar-refractivity contribution in [2.24, 2.45) is 5.73 Å². The molecule has 100 valence electrons. The van der Waals surface area contributed by atoms with Crippen molar-refractivity contribution >= 4 is 15.9 Å². The van der Waals surface area contributed by atoms with Crippen LogP contribution in [0.1, 0.15) is 28.7 Å². The predicted octanol–water partition coefficient (Wildman–Crippen LogP) is 3.53. The van der Waals surface area contributed by atoms with E-state index in [1.807, 2.05) is 55.5 Å². The second kappa shape index (κ2) is 6.33. The Morgan fingerprint density at radius 2 is 1.79 bits per heavy atom. The van der Waals surface area contributed by atoms with Crippen molar-refractivity contribution in [3.8, 4) is 0 Å². The van der Waals surface area contributed by atoms with Crippen molar-refractivity contribution in [3.63, 3.8) is 0 Å². The molecular weight excluding hydrogens is 302 g/mol. The van der Waals surface area contributed by atoms with Crippen LogP contribution in [0.15, 0.2) is 53.0 Å². The number of benzene rings is 2. The van der Waals surface area contributed by atoms with Gasteiger partial charge in [-0.05, 0) is 35.7 Å². The standard InChI is InChI=1S/C16H18BrNO/c1-11-7-13(9-14(17)8-11)16(19)15(10-18)12-5-3-2-4-6-12/h2-9,15-16,19H,10,18H2,1H3. The second-order valence-corrected chi connectivity index (χ2v) is 5.68. The fourth-order valence-corrected chi connectivity index (χ4v) is 2.94. The van der Waals surface area contributed by atoms with Gasteiger partial charge in [0, 0.05) is 16.9 Å². The summed E-state index contributed by atoms with van der Waals surface area (Å²) in [4.78, 5) is 0. The smallest absolute Gasteiger partial charge is 0.0871 e. The average Bonchev–Trinajstić information content (AvgIpc) is 2.39. The molecule has 0 saturated heterocycles. The number of aryl methyl sites for hydroxylation is 1. The van der Waals surface area contributed by atoms with Gasteiger partial charge < -0.3 is 10.8 Å². The van der Waals surface area contributed by atoms with E-state index in [0.717, 1.165) is 21.2 Å². The van der Waals surface area contributed by atoms with Crippen molar-refractivity contribution in [1.29, 1.82) is 0 Å². The zero-order valence-electron chi connectivity index (χ0n) is 10.9. The van der Waals surface area contributed by atoms with E-state index in [2.05, 4.69) is 15.9 Å². The summed E-state index contributed by atoms with van der Waals surface area (Å²) in [5, 5.41) is 10.6. The molecular formula is C16H18BrNO. The number of aliphatic hydroxyl groups excluding tert-OH is 1. The van der Waals surface area contributed by atoms with Gasteiger partial charge in [0.1, 0.15) is 0 Å². The molecule has 2 aromatic rings. The Hall–Kier alpha value is -1.16. The van der Waals surface area contributed by atoms with E-state index < -0.39 is 6.10 Å². The number of hydrogen-bond acceptors (Lipinski definition) is 2. The fourth-order valence-electron chi connectivity index (χ4n) is 2.32. The van der Waals surface area contributed by atoms with Gasteiger partial charge in [-0.15, -0.1) is 0 Å². The van der Waals surface area contributed by atoms with E-state index in [0.29, 0.717) is 6.54 Å². The van der Waals surface area contributed by atoms with Crippen LogP contribution in [0.3, 0.4) is 0 Å². The molecule has 2 nitrogen and oxygen atoms in total. The topological polar surface area (TPSA) is 46.2 Å². The molecule has 0 aromatic heterocycles. The lowest BCUT2D eigenvalue weighted by molar-refractivity contribution is 0.147. The molecule has 3 N–H and O–H groups in total. The third kappa shape index (κ3) is 3.44. The van der Waals surface area contributed by atoms with Crippen molar-refractivity contribution in [2.45, 2.75) is 18.9 Å². The van der Waals surface area contributed by atoms with Crippen LogP contribution in [0.5, 0.6) is 0 Å². The van der Waals surface area contributed by atoms with Gasteiger partial charge >= 0.3 is 0 Å². The van der Waals surface area contributed by atoms with Crippen molar-refractivity contribution in [3.05, 3.63) is 69.7 Å². The zero-order valence-corrected chi connectivity index (χ0v) is 12.5. The largest absolute Gasteiger partial charge is 0.388 e. The molecule has 2 unspecified atom stereocenters. The summed E-state index contributed by atoms with van der Waals surface area (Å²) in [6.45, 7) is 2.43. The van der Waals surface area contributed by atoms with Gasteiger partial charge in [-0.3, -0.25) is 0 Å². The Kier molecular flexibility index (Phi) is 4.75. The molecule has 0 aliphatic heterocycles. The summed E-state index contributed by atoms with van der Waals surface area (Å²) >= 11 is 3.47. The third-order valence-corrected chi connectivity index (χ3v) is 3.73. The Morgan fingerprint density at radius 3 is 2.37 bits per heavy atom. The summed E-state index contributed by atoms with van der Waals surface area (Å²) in [7, 11) is 0. The molecule has 2 rings (SSSR count). The minimum atomic E-state index is -0.594. The Labute approximate surface area is 122 Å². The van der Waals surface area contributed by atoms with Gasteiger partial charge in [0.25, 0.3) is 0 Å². The second-order valence-electron chi connectivity index (χ2n) is 4.76. The zero-order chi connectivity index (χ0) is 13.8. The first-order chi connectivity index (χ1) is 9.11. The highest BCUT2D eigenvalue weighted by molar-refractivity contribution is 9.10. The van der Waals surface area contributed by atoms with Crippen LogP contribution < -0.4 is 5.73 Å². The van der Waals surface area contributed by atoms with E-state index in [4.69, 9.17) is 5.73 Å². The maximum absolute atomic E-state index is 10.6. The molecule has 0 saturated carbocycles. The molecule has 0 heterocycles. The van der Waals surface area contributed by atoms with Crippen LogP contribution in [-0.4, -0.2) is 11.7 Å². The summed E-state index contributed by atoms with van der Waals surface area (Å²) < 4.78 is 0.977. The monoisotopic (exact) mass is 319 g/mol. The first-order valence-corrected chi connectivity index (χ1v) is 7.11.